The first-order valence-electron chi connectivity index (χ1n) is 7.93. The van der Waals surface area contributed by atoms with Gasteiger partial charge in [-0.3, -0.25) is 4.79 Å². The number of thiazole rings is 1. The number of hydrogen-bond acceptors (Lipinski definition) is 5. The molecule has 0 aliphatic heterocycles. The lowest BCUT2D eigenvalue weighted by Crippen LogP contribution is -2.23. The van der Waals surface area contributed by atoms with Crippen LogP contribution in [-0.4, -0.2) is 24.0 Å². The van der Waals surface area contributed by atoms with Crippen LogP contribution < -0.4 is 15.8 Å². The SMILES string of the molecule is Cc1sc(NC(=O)CC2(CN)CC2)nc1-c1ccc(OC(F)F)cc1. The number of anilines is 1. The number of nitrogens with one attached hydrogen (secondary N) is 1. The third kappa shape index (κ3) is 4.32. The third-order valence-corrected chi connectivity index (χ3v) is 5.21. The Labute approximate surface area is 148 Å². The van der Waals surface area contributed by atoms with E-state index in [9.17, 15) is 13.6 Å². The number of halogens is 2. The molecule has 1 aromatic heterocycles. The minimum absolute atomic E-state index is 0.0280. The molecule has 1 saturated carbocycles. The number of alkyl halides is 2. The van der Waals surface area contributed by atoms with Crippen molar-refractivity contribution >= 4 is 22.4 Å². The number of aromatic nitrogens is 1. The highest BCUT2D eigenvalue weighted by molar-refractivity contribution is 7.16. The Balaban J connectivity index is 1.68. The van der Waals surface area contributed by atoms with E-state index in [1.807, 2.05) is 6.92 Å². The van der Waals surface area contributed by atoms with Crippen molar-refractivity contribution in [3.63, 3.8) is 0 Å². The van der Waals surface area contributed by atoms with Gasteiger partial charge in [-0.15, -0.1) is 11.3 Å². The van der Waals surface area contributed by atoms with Crippen molar-refractivity contribution < 1.29 is 18.3 Å². The summed E-state index contributed by atoms with van der Waals surface area (Å²) in [6.45, 7) is -0.429. The summed E-state index contributed by atoms with van der Waals surface area (Å²) in [6.07, 6.45) is 2.40. The molecule has 0 unspecified atom stereocenters. The highest BCUT2D eigenvalue weighted by atomic mass is 32.1. The Hall–Kier alpha value is -2.06. The van der Waals surface area contributed by atoms with Crippen LogP contribution in [0.3, 0.4) is 0 Å². The average molecular weight is 367 g/mol. The monoisotopic (exact) mass is 367 g/mol. The Morgan fingerprint density at radius 2 is 2.08 bits per heavy atom. The lowest BCUT2D eigenvalue weighted by Gasteiger charge is -2.10. The van der Waals surface area contributed by atoms with E-state index in [0.717, 1.165) is 23.3 Å². The number of aryl methyl sites for hydroxylation is 1. The van der Waals surface area contributed by atoms with E-state index in [4.69, 9.17) is 5.73 Å². The molecule has 8 heteroatoms. The standard InChI is InChI=1S/C17H19F2N3O2S/c1-10-14(11-2-4-12(5-3-11)24-15(18)19)22-16(25-10)21-13(23)8-17(9-20)6-7-17/h2-5,15H,6-9,20H2,1H3,(H,21,22,23). The molecule has 0 saturated heterocycles. The summed E-state index contributed by atoms with van der Waals surface area (Å²) in [7, 11) is 0. The molecule has 1 fully saturated rings. The van der Waals surface area contributed by atoms with Gasteiger partial charge in [0, 0.05) is 16.9 Å². The zero-order chi connectivity index (χ0) is 18.0. The number of nitrogens with zero attached hydrogens (tertiary/aromatic N) is 1. The number of benzene rings is 1. The molecule has 1 heterocycles. The molecule has 1 aromatic carbocycles. The predicted molar refractivity (Wildman–Crippen MR) is 92.9 cm³/mol. The second-order valence-electron chi connectivity index (χ2n) is 6.26. The van der Waals surface area contributed by atoms with Crippen molar-refractivity contribution in [3.05, 3.63) is 29.1 Å². The van der Waals surface area contributed by atoms with Gasteiger partial charge in [0.25, 0.3) is 0 Å². The molecule has 0 spiro atoms. The first kappa shape index (κ1) is 17.8. The van der Waals surface area contributed by atoms with Crippen LogP contribution in [-0.2, 0) is 4.79 Å². The summed E-state index contributed by atoms with van der Waals surface area (Å²) in [4.78, 5) is 17.5. The molecule has 134 valence electrons. The van der Waals surface area contributed by atoms with E-state index in [1.54, 1.807) is 12.1 Å². The van der Waals surface area contributed by atoms with Crippen molar-refractivity contribution in [1.82, 2.24) is 4.98 Å². The van der Waals surface area contributed by atoms with Crippen LogP contribution >= 0.6 is 11.3 Å². The van der Waals surface area contributed by atoms with Gasteiger partial charge >= 0.3 is 6.61 Å². The number of carbonyl (C=O) groups excluding carboxylic acids is 1. The second kappa shape index (κ2) is 7.05. The lowest BCUT2D eigenvalue weighted by molar-refractivity contribution is -0.117. The fourth-order valence-corrected chi connectivity index (χ4v) is 3.50. The first-order chi connectivity index (χ1) is 11.9. The fourth-order valence-electron chi connectivity index (χ4n) is 2.65. The number of ether oxygens (including phenoxy) is 1. The van der Waals surface area contributed by atoms with Gasteiger partial charge in [-0.2, -0.15) is 8.78 Å². The molecule has 2 aromatic rings. The smallest absolute Gasteiger partial charge is 0.387 e. The Morgan fingerprint density at radius 3 is 2.64 bits per heavy atom. The minimum Gasteiger partial charge on any atom is -0.435 e. The molecule has 3 N–H and O–H groups in total. The van der Waals surface area contributed by atoms with Crippen LogP contribution in [0.4, 0.5) is 13.9 Å². The third-order valence-electron chi connectivity index (χ3n) is 4.32. The van der Waals surface area contributed by atoms with E-state index < -0.39 is 6.61 Å². The molecule has 0 atom stereocenters. The largest absolute Gasteiger partial charge is 0.435 e. The molecule has 5 nitrogen and oxygen atoms in total. The number of nitrogens with two attached hydrogens (primary N) is 1. The molecule has 25 heavy (non-hydrogen) atoms. The molecular weight excluding hydrogens is 348 g/mol. The minimum atomic E-state index is -2.85. The van der Waals surface area contributed by atoms with Crippen molar-refractivity contribution in [2.24, 2.45) is 11.1 Å². The molecule has 0 radical (unpaired) electrons. The van der Waals surface area contributed by atoms with E-state index in [1.165, 1.54) is 23.5 Å². The van der Waals surface area contributed by atoms with Crippen molar-refractivity contribution in [3.8, 4) is 17.0 Å². The Kier molecular flexibility index (Phi) is 5.01. The van der Waals surface area contributed by atoms with Gasteiger partial charge in [0.15, 0.2) is 5.13 Å². The van der Waals surface area contributed by atoms with Crippen molar-refractivity contribution in [1.29, 1.82) is 0 Å². The molecule has 1 aliphatic carbocycles. The van der Waals surface area contributed by atoms with Gasteiger partial charge in [-0.05, 0) is 56.0 Å². The number of rotatable bonds is 7. The highest BCUT2D eigenvalue weighted by Gasteiger charge is 2.42. The maximum absolute atomic E-state index is 12.2. The lowest BCUT2D eigenvalue weighted by atomic mass is 10.0. The Morgan fingerprint density at radius 1 is 1.40 bits per heavy atom. The molecular formula is C17H19F2N3O2S. The fraction of sp³-hybridized carbons (Fsp3) is 0.412. The van der Waals surface area contributed by atoms with Crippen molar-refractivity contribution in [2.45, 2.75) is 32.8 Å². The normalized spacial score (nSPS) is 15.2. The second-order valence-corrected chi connectivity index (χ2v) is 7.46. The van der Waals surface area contributed by atoms with Crippen LogP contribution in [0, 0.1) is 12.3 Å². The van der Waals surface area contributed by atoms with Crippen LogP contribution in [0.1, 0.15) is 24.1 Å². The maximum atomic E-state index is 12.2. The number of hydrogen-bond donors (Lipinski definition) is 2. The zero-order valence-corrected chi connectivity index (χ0v) is 14.5. The van der Waals surface area contributed by atoms with E-state index in [2.05, 4.69) is 15.0 Å². The topological polar surface area (TPSA) is 77.2 Å². The molecule has 0 bridgehead atoms. The molecule has 1 aliphatic rings. The summed E-state index contributed by atoms with van der Waals surface area (Å²) < 4.78 is 28.7. The van der Waals surface area contributed by atoms with Gasteiger partial charge in [-0.25, -0.2) is 4.98 Å². The van der Waals surface area contributed by atoms with Crippen LogP contribution in [0.2, 0.25) is 0 Å². The van der Waals surface area contributed by atoms with Gasteiger partial charge < -0.3 is 15.8 Å². The van der Waals surface area contributed by atoms with E-state index >= 15 is 0 Å². The van der Waals surface area contributed by atoms with Crippen LogP contribution in [0.15, 0.2) is 24.3 Å². The highest BCUT2D eigenvalue weighted by Crippen LogP contribution is 2.47. The van der Waals surface area contributed by atoms with Gasteiger partial charge in [0.05, 0.1) is 5.69 Å². The van der Waals surface area contributed by atoms with Gasteiger partial charge in [0.2, 0.25) is 5.91 Å². The zero-order valence-electron chi connectivity index (χ0n) is 13.7. The summed E-state index contributed by atoms with van der Waals surface area (Å²) in [5.41, 5.74) is 7.17. The van der Waals surface area contributed by atoms with E-state index in [-0.39, 0.29) is 17.1 Å². The van der Waals surface area contributed by atoms with Crippen molar-refractivity contribution in [2.75, 3.05) is 11.9 Å². The molecule has 1 amide bonds. The predicted octanol–water partition coefficient (Wildman–Crippen LogP) is 3.79. The van der Waals surface area contributed by atoms with Gasteiger partial charge in [0.1, 0.15) is 5.75 Å². The average Bonchev–Trinajstić information content (AvgIpc) is 3.23. The number of amides is 1. The summed E-state index contributed by atoms with van der Waals surface area (Å²) in [5.74, 6) is 0.0145. The van der Waals surface area contributed by atoms with Crippen LogP contribution in [0.25, 0.3) is 11.3 Å². The summed E-state index contributed by atoms with van der Waals surface area (Å²) in [5, 5.41) is 3.36. The Bertz CT molecular complexity index is 758. The van der Waals surface area contributed by atoms with Gasteiger partial charge in [-0.1, -0.05) is 0 Å². The maximum Gasteiger partial charge on any atom is 0.387 e. The number of carbonyl (C=O) groups is 1. The first-order valence-corrected chi connectivity index (χ1v) is 8.75. The summed E-state index contributed by atoms with van der Waals surface area (Å²) in [6, 6.07) is 6.27. The molecule has 3 rings (SSSR count). The van der Waals surface area contributed by atoms with E-state index in [0.29, 0.717) is 23.8 Å². The summed E-state index contributed by atoms with van der Waals surface area (Å²) >= 11 is 1.38. The van der Waals surface area contributed by atoms with Crippen LogP contribution in [0.5, 0.6) is 5.75 Å². The quantitative estimate of drug-likeness (QED) is 0.781.